The molecule has 0 aromatic heterocycles. The van der Waals surface area contributed by atoms with Gasteiger partial charge in [-0.1, -0.05) is 39.7 Å². The molecule has 1 aliphatic rings. The fourth-order valence-electron chi connectivity index (χ4n) is 3.01. The number of carbonyl (C=O) groups is 1. The van der Waals surface area contributed by atoms with Gasteiger partial charge in [0.15, 0.2) is 6.29 Å². The van der Waals surface area contributed by atoms with E-state index in [9.17, 15) is 4.79 Å². The molecule has 4 nitrogen and oxygen atoms in total. The van der Waals surface area contributed by atoms with E-state index < -0.39 is 0 Å². The monoisotopic (exact) mass is 326 g/mol. The number of hydrogen-bond acceptors (Lipinski definition) is 4. The number of carbonyl (C=O) groups excluding carboxylic acids is 1. The minimum atomic E-state index is -0.260. The normalized spacial score (nSPS) is 30.9. The van der Waals surface area contributed by atoms with Crippen LogP contribution in [0.3, 0.4) is 0 Å². The first-order valence-electron chi connectivity index (χ1n) is 8.98. The standard InChI is InChI=1S/C19H34O4/c1-6-7-8-9-10-11-12-21-19-16(4)14(2)15(3)18(23-19)13-22-17(5)20/h6,14-16,18-19H,1,7-13H2,2-5H3/t14-,15-,16?,18?,19+/m0/s1. The minimum absolute atomic E-state index is 0.0808. The van der Waals surface area contributed by atoms with E-state index in [0.29, 0.717) is 24.4 Å². The summed E-state index contributed by atoms with van der Waals surface area (Å²) in [5.74, 6) is 0.911. The van der Waals surface area contributed by atoms with Crippen molar-refractivity contribution in [1.29, 1.82) is 0 Å². The highest BCUT2D eigenvalue weighted by Gasteiger charge is 2.39. The molecule has 0 spiro atoms. The zero-order valence-corrected chi connectivity index (χ0v) is 15.3. The summed E-state index contributed by atoms with van der Waals surface area (Å²) in [6.45, 7) is 12.8. The Morgan fingerprint density at radius 3 is 2.43 bits per heavy atom. The summed E-state index contributed by atoms with van der Waals surface area (Å²) >= 11 is 0. The Morgan fingerprint density at radius 1 is 1.09 bits per heavy atom. The van der Waals surface area contributed by atoms with Crippen molar-refractivity contribution in [2.75, 3.05) is 13.2 Å². The highest BCUT2D eigenvalue weighted by Crippen LogP contribution is 2.35. The summed E-state index contributed by atoms with van der Waals surface area (Å²) < 4.78 is 17.2. The van der Waals surface area contributed by atoms with Crippen LogP contribution >= 0.6 is 0 Å². The second-order valence-corrected chi connectivity index (χ2v) is 6.79. The minimum Gasteiger partial charge on any atom is -0.463 e. The maximum Gasteiger partial charge on any atom is 0.302 e. The van der Waals surface area contributed by atoms with Gasteiger partial charge in [0.05, 0.1) is 6.10 Å². The third-order valence-electron chi connectivity index (χ3n) is 5.02. The van der Waals surface area contributed by atoms with Crippen LogP contribution in [-0.2, 0) is 19.0 Å². The van der Waals surface area contributed by atoms with Gasteiger partial charge in [0.2, 0.25) is 0 Å². The molecule has 1 rings (SSSR count). The molecule has 0 saturated carbocycles. The van der Waals surface area contributed by atoms with Crippen molar-refractivity contribution in [3.05, 3.63) is 12.7 Å². The molecule has 0 radical (unpaired) electrons. The van der Waals surface area contributed by atoms with Gasteiger partial charge in [-0.3, -0.25) is 4.79 Å². The van der Waals surface area contributed by atoms with E-state index in [4.69, 9.17) is 14.2 Å². The Bertz CT molecular complexity index is 355. The lowest BCUT2D eigenvalue weighted by atomic mass is 9.79. The molecule has 4 heteroatoms. The number of ether oxygens (including phenoxy) is 3. The molecule has 0 aliphatic carbocycles. The molecular weight excluding hydrogens is 292 g/mol. The Hall–Kier alpha value is -0.870. The lowest BCUT2D eigenvalue weighted by Gasteiger charge is -2.43. The summed E-state index contributed by atoms with van der Waals surface area (Å²) in [5.41, 5.74) is 0. The maximum atomic E-state index is 11.0. The summed E-state index contributed by atoms with van der Waals surface area (Å²) in [7, 11) is 0. The largest absolute Gasteiger partial charge is 0.463 e. The molecule has 1 heterocycles. The smallest absolute Gasteiger partial charge is 0.302 e. The highest BCUT2D eigenvalue weighted by atomic mass is 16.7. The molecule has 0 amide bonds. The van der Waals surface area contributed by atoms with Crippen molar-refractivity contribution in [3.8, 4) is 0 Å². The van der Waals surface area contributed by atoms with Crippen LogP contribution in [0, 0.1) is 17.8 Å². The Kier molecular flexibility index (Phi) is 9.49. The molecule has 5 atom stereocenters. The first kappa shape index (κ1) is 20.2. The summed E-state index contributed by atoms with van der Waals surface area (Å²) in [5, 5.41) is 0. The maximum absolute atomic E-state index is 11.0. The lowest BCUT2D eigenvalue weighted by Crippen LogP contribution is -2.47. The summed E-state index contributed by atoms with van der Waals surface area (Å²) in [4.78, 5) is 11.0. The van der Waals surface area contributed by atoms with Gasteiger partial charge in [0.1, 0.15) is 6.61 Å². The van der Waals surface area contributed by atoms with Crippen LogP contribution in [0.15, 0.2) is 12.7 Å². The number of rotatable bonds is 10. The fourth-order valence-corrected chi connectivity index (χ4v) is 3.01. The first-order chi connectivity index (χ1) is 11.0. The fraction of sp³-hybridized carbons (Fsp3) is 0.842. The molecule has 0 N–H and O–H groups in total. The molecule has 0 aromatic carbocycles. The summed E-state index contributed by atoms with van der Waals surface area (Å²) in [6, 6.07) is 0. The molecule has 23 heavy (non-hydrogen) atoms. The van der Waals surface area contributed by atoms with Crippen LogP contribution in [0.1, 0.15) is 59.8 Å². The van der Waals surface area contributed by atoms with Crippen LogP contribution in [0.2, 0.25) is 0 Å². The van der Waals surface area contributed by atoms with Crippen molar-refractivity contribution in [2.24, 2.45) is 17.8 Å². The average molecular weight is 326 g/mol. The molecule has 1 aliphatic heterocycles. The lowest BCUT2D eigenvalue weighted by molar-refractivity contribution is -0.255. The zero-order valence-electron chi connectivity index (χ0n) is 15.3. The van der Waals surface area contributed by atoms with Crippen molar-refractivity contribution in [2.45, 2.75) is 72.2 Å². The Morgan fingerprint density at radius 2 is 1.78 bits per heavy atom. The van der Waals surface area contributed by atoms with Gasteiger partial charge in [0, 0.05) is 19.4 Å². The van der Waals surface area contributed by atoms with Crippen molar-refractivity contribution in [1.82, 2.24) is 0 Å². The summed E-state index contributed by atoms with van der Waals surface area (Å²) in [6.07, 6.45) is 7.45. The Labute approximate surface area is 141 Å². The predicted octanol–water partition coefficient (Wildman–Crippen LogP) is 4.34. The molecule has 134 valence electrons. The average Bonchev–Trinajstić information content (AvgIpc) is 2.52. The van der Waals surface area contributed by atoms with Gasteiger partial charge in [-0.05, 0) is 31.1 Å². The van der Waals surface area contributed by atoms with Crippen molar-refractivity contribution in [3.63, 3.8) is 0 Å². The third-order valence-corrected chi connectivity index (χ3v) is 5.02. The third kappa shape index (κ3) is 7.05. The highest BCUT2D eigenvalue weighted by molar-refractivity contribution is 5.65. The van der Waals surface area contributed by atoms with Crippen molar-refractivity contribution >= 4 is 5.97 Å². The molecule has 2 unspecified atom stereocenters. The Balaban J connectivity index is 2.34. The van der Waals surface area contributed by atoms with Gasteiger partial charge >= 0.3 is 5.97 Å². The zero-order chi connectivity index (χ0) is 17.2. The van der Waals surface area contributed by atoms with Gasteiger partial charge in [-0.25, -0.2) is 0 Å². The number of allylic oxidation sites excluding steroid dienone is 1. The van der Waals surface area contributed by atoms with E-state index in [1.54, 1.807) is 0 Å². The van der Waals surface area contributed by atoms with E-state index in [1.807, 2.05) is 6.08 Å². The van der Waals surface area contributed by atoms with Gasteiger partial charge < -0.3 is 14.2 Å². The van der Waals surface area contributed by atoms with Gasteiger partial charge in [-0.2, -0.15) is 0 Å². The molecule has 0 bridgehead atoms. The van der Waals surface area contributed by atoms with Crippen LogP contribution in [-0.4, -0.2) is 31.6 Å². The second-order valence-electron chi connectivity index (χ2n) is 6.79. The first-order valence-corrected chi connectivity index (χ1v) is 8.98. The van der Waals surface area contributed by atoms with E-state index in [2.05, 4.69) is 27.4 Å². The molecule has 1 fully saturated rings. The number of esters is 1. The van der Waals surface area contributed by atoms with Crippen LogP contribution in [0.25, 0.3) is 0 Å². The molecule has 1 saturated heterocycles. The quantitative estimate of drug-likeness (QED) is 0.340. The van der Waals surface area contributed by atoms with E-state index >= 15 is 0 Å². The van der Waals surface area contributed by atoms with Crippen molar-refractivity contribution < 1.29 is 19.0 Å². The van der Waals surface area contributed by atoms with E-state index in [1.165, 1.54) is 26.2 Å². The van der Waals surface area contributed by atoms with Gasteiger partial charge in [0.25, 0.3) is 0 Å². The van der Waals surface area contributed by atoms with Crippen LogP contribution in [0.4, 0.5) is 0 Å². The second kappa shape index (κ2) is 10.8. The van der Waals surface area contributed by atoms with Gasteiger partial charge in [-0.15, -0.1) is 6.58 Å². The molecule has 0 aromatic rings. The predicted molar refractivity (Wildman–Crippen MR) is 92.0 cm³/mol. The van der Waals surface area contributed by atoms with Crippen LogP contribution in [0.5, 0.6) is 0 Å². The van der Waals surface area contributed by atoms with E-state index in [-0.39, 0.29) is 18.4 Å². The topological polar surface area (TPSA) is 44.8 Å². The molecular formula is C19H34O4. The number of unbranched alkanes of at least 4 members (excludes halogenated alkanes) is 4. The van der Waals surface area contributed by atoms with E-state index in [0.717, 1.165) is 19.4 Å². The SMILES string of the molecule is C=CCCCCCCO[C@@H]1OC(COC(C)=O)[C@@H](C)[C@H](C)C1C. The van der Waals surface area contributed by atoms with Crippen LogP contribution < -0.4 is 0 Å². The number of hydrogen-bond donors (Lipinski definition) is 0.